The third-order valence-electron chi connectivity index (χ3n) is 6.55. The number of ether oxygens (including phenoxy) is 1. The van der Waals surface area contributed by atoms with Crippen molar-refractivity contribution in [2.24, 2.45) is 5.41 Å². The molecule has 32 heavy (non-hydrogen) atoms. The smallest absolute Gasteiger partial charge is 0.237 e. The van der Waals surface area contributed by atoms with E-state index in [9.17, 15) is 4.79 Å². The van der Waals surface area contributed by atoms with Crippen molar-refractivity contribution < 1.29 is 9.53 Å². The largest absolute Gasteiger partial charge is 0.378 e. The maximum absolute atomic E-state index is 12.7. The molecule has 0 saturated carbocycles. The van der Waals surface area contributed by atoms with E-state index in [1.165, 1.54) is 5.56 Å². The van der Waals surface area contributed by atoms with Crippen LogP contribution in [0.25, 0.3) is 0 Å². The number of benzene rings is 2. The topological polar surface area (TPSA) is 32.8 Å². The molecule has 0 N–H and O–H groups in total. The lowest BCUT2D eigenvalue weighted by atomic mass is 9.68. The van der Waals surface area contributed by atoms with Gasteiger partial charge in [-0.2, -0.15) is 0 Å². The van der Waals surface area contributed by atoms with Crippen LogP contribution in [0.2, 0.25) is 0 Å². The van der Waals surface area contributed by atoms with Crippen LogP contribution >= 0.6 is 11.6 Å². The van der Waals surface area contributed by atoms with E-state index in [1.807, 2.05) is 19.0 Å². The lowest BCUT2D eigenvalue weighted by Crippen LogP contribution is -2.45. The van der Waals surface area contributed by atoms with E-state index < -0.39 is 0 Å². The Morgan fingerprint density at radius 1 is 1.03 bits per heavy atom. The molecule has 1 aliphatic rings. The summed E-state index contributed by atoms with van der Waals surface area (Å²) in [5, 5.41) is 0. The number of anilines is 1. The van der Waals surface area contributed by atoms with Crippen LogP contribution in [0.5, 0.6) is 0 Å². The number of rotatable bonds is 9. The molecular formula is C27H37ClN2O2. The van der Waals surface area contributed by atoms with Gasteiger partial charge >= 0.3 is 0 Å². The standard InChI is InChI=1S/C27H37ClN2O2/c1-26(2)21-27(15-17-32-26,18-22-8-6-5-7-9-22)14-16-30(25(31)19-28)20-23-10-12-24(13-11-23)29(3)4/h5-13H,14-21H2,1-4H3/t27-/m1/s1. The first-order valence-corrected chi connectivity index (χ1v) is 12.0. The molecule has 0 radical (unpaired) electrons. The van der Waals surface area contributed by atoms with E-state index in [4.69, 9.17) is 16.3 Å². The number of alkyl halides is 1. The van der Waals surface area contributed by atoms with Crippen LogP contribution in [0, 0.1) is 5.41 Å². The molecule has 0 aromatic heterocycles. The molecule has 1 fully saturated rings. The van der Waals surface area contributed by atoms with Crippen LogP contribution in [-0.2, 0) is 22.5 Å². The Balaban J connectivity index is 1.76. The zero-order valence-electron chi connectivity index (χ0n) is 19.9. The van der Waals surface area contributed by atoms with Gasteiger partial charge < -0.3 is 14.5 Å². The molecule has 3 rings (SSSR count). The fraction of sp³-hybridized carbons (Fsp3) is 0.519. The summed E-state index contributed by atoms with van der Waals surface area (Å²) in [6.45, 7) is 6.40. The third kappa shape index (κ3) is 6.73. The summed E-state index contributed by atoms with van der Waals surface area (Å²) in [7, 11) is 4.06. The van der Waals surface area contributed by atoms with Gasteiger partial charge in [0.05, 0.1) is 5.60 Å². The summed E-state index contributed by atoms with van der Waals surface area (Å²) in [4.78, 5) is 16.7. The monoisotopic (exact) mass is 456 g/mol. The van der Waals surface area contributed by atoms with E-state index in [-0.39, 0.29) is 22.8 Å². The minimum atomic E-state index is -0.156. The van der Waals surface area contributed by atoms with Gasteiger partial charge in [0.15, 0.2) is 0 Å². The Morgan fingerprint density at radius 2 is 1.72 bits per heavy atom. The molecule has 0 spiro atoms. The highest BCUT2D eigenvalue weighted by Gasteiger charge is 2.41. The number of hydrogen-bond acceptors (Lipinski definition) is 3. The molecule has 1 saturated heterocycles. The van der Waals surface area contributed by atoms with Crippen LogP contribution in [0.15, 0.2) is 54.6 Å². The normalized spacial score (nSPS) is 20.0. The van der Waals surface area contributed by atoms with Crippen molar-refractivity contribution in [1.82, 2.24) is 4.90 Å². The van der Waals surface area contributed by atoms with Crippen molar-refractivity contribution >= 4 is 23.2 Å². The summed E-state index contributed by atoms with van der Waals surface area (Å²) < 4.78 is 6.05. The Morgan fingerprint density at radius 3 is 2.31 bits per heavy atom. The van der Waals surface area contributed by atoms with E-state index in [2.05, 4.69) is 73.3 Å². The summed E-state index contributed by atoms with van der Waals surface area (Å²) >= 11 is 5.99. The second kappa shape index (κ2) is 10.7. The minimum Gasteiger partial charge on any atom is -0.378 e. The molecule has 0 aliphatic carbocycles. The summed E-state index contributed by atoms with van der Waals surface area (Å²) in [6.07, 6.45) is 3.93. The fourth-order valence-electron chi connectivity index (χ4n) is 4.94. The lowest BCUT2D eigenvalue weighted by molar-refractivity contribution is -0.131. The average Bonchev–Trinajstić information content (AvgIpc) is 2.76. The number of halogens is 1. The van der Waals surface area contributed by atoms with Gasteiger partial charge in [0.1, 0.15) is 5.88 Å². The summed E-state index contributed by atoms with van der Waals surface area (Å²) in [6, 6.07) is 19.1. The van der Waals surface area contributed by atoms with Gasteiger partial charge in [0.25, 0.3) is 0 Å². The minimum absolute atomic E-state index is 0.00969. The third-order valence-corrected chi connectivity index (χ3v) is 6.78. The van der Waals surface area contributed by atoms with E-state index in [0.717, 1.165) is 43.5 Å². The van der Waals surface area contributed by atoms with Crippen LogP contribution in [0.4, 0.5) is 5.69 Å². The Hall–Kier alpha value is -2.04. The first-order valence-electron chi connectivity index (χ1n) is 11.5. The number of hydrogen-bond donors (Lipinski definition) is 0. The average molecular weight is 457 g/mol. The highest BCUT2D eigenvalue weighted by atomic mass is 35.5. The van der Waals surface area contributed by atoms with Gasteiger partial charge in [0, 0.05) is 39.5 Å². The Kier molecular flexibility index (Phi) is 8.24. The Labute approximate surface area is 198 Å². The SMILES string of the molecule is CN(C)c1ccc(CN(CC[C@]2(Cc3ccccc3)CCOC(C)(C)C2)C(=O)CCl)cc1. The van der Waals surface area contributed by atoms with Crippen molar-refractivity contribution in [3.8, 4) is 0 Å². The zero-order chi connectivity index (χ0) is 23.2. The van der Waals surface area contributed by atoms with Gasteiger partial charge in [-0.05, 0) is 68.2 Å². The number of nitrogens with zero attached hydrogens (tertiary/aromatic N) is 2. The molecule has 1 heterocycles. The van der Waals surface area contributed by atoms with Crippen LogP contribution in [-0.4, -0.2) is 49.5 Å². The molecule has 4 nitrogen and oxygen atoms in total. The van der Waals surface area contributed by atoms with Crippen LogP contribution < -0.4 is 4.90 Å². The molecule has 2 aromatic rings. The summed E-state index contributed by atoms with van der Waals surface area (Å²) in [5.74, 6) is 0.000300. The first kappa shape index (κ1) is 24.6. The molecule has 174 valence electrons. The Bertz CT molecular complexity index is 867. The van der Waals surface area contributed by atoms with Gasteiger partial charge in [-0.25, -0.2) is 0 Å². The fourth-order valence-corrected chi connectivity index (χ4v) is 5.11. The molecule has 1 aliphatic heterocycles. The van der Waals surface area contributed by atoms with Gasteiger partial charge in [-0.3, -0.25) is 4.79 Å². The molecule has 1 atom stereocenters. The molecule has 5 heteroatoms. The number of carbonyl (C=O) groups excluding carboxylic acids is 1. The number of amides is 1. The number of carbonyl (C=O) groups is 1. The van der Waals surface area contributed by atoms with Crippen molar-refractivity contribution in [3.05, 3.63) is 65.7 Å². The molecule has 0 unspecified atom stereocenters. The van der Waals surface area contributed by atoms with E-state index in [0.29, 0.717) is 13.1 Å². The second-order valence-corrected chi connectivity index (χ2v) is 10.2. The van der Waals surface area contributed by atoms with E-state index in [1.54, 1.807) is 0 Å². The van der Waals surface area contributed by atoms with Crippen molar-refractivity contribution in [3.63, 3.8) is 0 Å². The highest BCUT2D eigenvalue weighted by Crippen LogP contribution is 2.44. The van der Waals surface area contributed by atoms with Crippen molar-refractivity contribution in [2.45, 2.75) is 51.7 Å². The maximum Gasteiger partial charge on any atom is 0.237 e. The van der Waals surface area contributed by atoms with Gasteiger partial charge in [-0.15, -0.1) is 11.6 Å². The van der Waals surface area contributed by atoms with Crippen molar-refractivity contribution in [1.29, 1.82) is 0 Å². The zero-order valence-corrected chi connectivity index (χ0v) is 20.7. The second-order valence-electron chi connectivity index (χ2n) is 9.96. The highest BCUT2D eigenvalue weighted by molar-refractivity contribution is 6.27. The van der Waals surface area contributed by atoms with E-state index >= 15 is 0 Å². The predicted molar refractivity (Wildman–Crippen MR) is 133 cm³/mol. The molecule has 0 bridgehead atoms. The van der Waals surface area contributed by atoms with Crippen molar-refractivity contribution in [2.75, 3.05) is 38.0 Å². The maximum atomic E-state index is 12.7. The van der Waals surface area contributed by atoms with Gasteiger partial charge in [0.2, 0.25) is 5.91 Å². The molecule has 2 aromatic carbocycles. The molecular weight excluding hydrogens is 420 g/mol. The van der Waals surface area contributed by atoms with Crippen LogP contribution in [0.3, 0.4) is 0 Å². The predicted octanol–water partition coefficient (Wildman–Crippen LogP) is 5.53. The van der Waals surface area contributed by atoms with Gasteiger partial charge in [-0.1, -0.05) is 42.5 Å². The van der Waals surface area contributed by atoms with Crippen LogP contribution in [0.1, 0.15) is 44.2 Å². The lowest BCUT2D eigenvalue weighted by Gasteiger charge is -2.46. The molecule has 1 amide bonds. The summed E-state index contributed by atoms with van der Waals surface area (Å²) in [5.41, 5.74) is 3.56. The quantitative estimate of drug-likeness (QED) is 0.465. The first-order chi connectivity index (χ1) is 15.2.